The van der Waals surface area contributed by atoms with Crippen LogP contribution in [0, 0.1) is 5.82 Å². The molecule has 0 aliphatic carbocycles. The molecule has 5 heteroatoms. The molecule has 0 aromatic carbocycles. The first-order valence-electron chi connectivity index (χ1n) is 6.44. The lowest BCUT2D eigenvalue weighted by molar-refractivity contribution is 0.424. The highest BCUT2D eigenvalue weighted by Crippen LogP contribution is 2.27. The van der Waals surface area contributed by atoms with Gasteiger partial charge in [0.25, 0.3) is 0 Å². The number of piperidine rings is 1. The van der Waals surface area contributed by atoms with E-state index in [1.54, 1.807) is 0 Å². The topological polar surface area (TPSA) is 28.2 Å². The van der Waals surface area contributed by atoms with Crippen molar-refractivity contribution in [2.75, 3.05) is 25.0 Å². The average Bonchev–Trinajstić information content (AvgIpc) is 2.37. The van der Waals surface area contributed by atoms with E-state index in [-0.39, 0.29) is 5.82 Å². The van der Waals surface area contributed by atoms with Crippen molar-refractivity contribution in [1.29, 1.82) is 0 Å². The van der Waals surface area contributed by atoms with Crippen molar-refractivity contribution in [3.8, 4) is 0 Å². The van der Waals surface area contributed by atoms with Crippen LogP contribution in [0.15, 0.2) is 12.3 Å². The Morgan fingerprint density at radius 2 is 2.39 bits per heavy atom. The van der Waals surface area contributed by atoms with E-state index in [1.807, 2.05) is 7.05 Å². The van der Waals surface area contributed by atoms with E-state index in [4.69, 9.17) is 11.6 Å². The molecule has 0 spiro atoms. The molecule has 1 unspecified atom stereocenters. The van der Waals surface area contributed by atoms with Crippen LogP contribution in [0.1, 0.15) is 25.7 Å². The van der Waals surface area contributed by atoms with Gasteiger partial charge in [-0.1, -0.05) is 11.6 Å². The van der Waals surface area contributed by atoms with Gasteiger partial charge in [0.05, 0.1) is 5.02 Å². The van der Waals surface area contributed by atoms with Gasteiger partial charge in [-0.15, -0.1) is 0 Å². The summed E-state index contributed by atoms with van der Waals surface area (Å²) in [6, 6.07) is 1.71. The van der Waals surface area contributed by atoms with Crippen LogP contribution in [0.25, 0.3) is 0 Å². The Balaban J connectivity index is 2.16. The maximum atomic E-state index is 13.9. The van der Waals surface area contributed by atoms with Crippen molar-refractivity contribution in [3.05, 3.63) is 23.1 Å². The van der Waals surface area contributed by atoms with Gasteiger partial charge in [0.15, 0.2) is 11.6 Å². The summed E-state index contributed by atoms with van der Waals surface area (Å²) in [5.41, 5.74) is 0. The number of pyridine rings is 1. The Hall–Kier alpha value is -0.870. The molecule has 18 heavy (non-hydrogen) atoms. The van der Waals surface area contributed by atoms with Crippen LogP contribution in [-0.4, -0.2) is 31.2 Å². The molecule has 100 valence electrons. The Morgan fingerprint density at radius 3 is 3.11 bits per heavy atom. The molecule has 0 radical (unpaired) electrons. The van der Waals surface area contributed by atoms with E-state index in [0.717, 1.165) is 32.4 Å². The second kappa shape index (κ2) is 6.34. The van der Waals surface area contributed by atoms with Gasteiger partial charge in [-0.25, -0.2) is 9.37 Å². The lowest BCUT2D eigenvalue weighted by Gasteiger charge is -2.37. The van der Waals surface area contributed by atoms with Crippen molar-refractivity contribution in [3.63, 3.8) is 0 Å². The van der Waals surface area contributed by atoms with Gasteiger partial charge in [-0.2, -0.15) is 0 Å². The van der Waals surface area contributed by atoms with E-state index in [2.05, 4.69) is 15.2 Å². The normalized spacial score (nSPS) is 20.2. The molecule has 2 rings (SSSR count). The number of hydrogen-bond acceptors (Lipinski definition) is 3. The number of aromatic nitrogens is 1. The zero-order chi connectivity index (χ0) is 13.0. The number of nitrogens with one attached hydrogen (secondary N) is 1. The molecule has 1 N–H and O–H groups in total. The summed E-state index contributed by atoms with van der Waals surface area (Å²) in [5.74, 6) is 0.124. The fourth-order valence-corrected chi connectivity index (χ4v) is 2.65. The van der Waals surface area contributed by atoms with Gasteiger partial charge in [0.1, 0.15) is 0 Å². The van der Waals surface area contributed by atoms with Crippen molar-refractivity contribution >= 4 is 17.4 Å². The SMILES string of the molecule is CNCCC1CCCCN1c1ncc(Cl)cc1F. The Labute approximate surface area is 112 Å². The van der Waals surface area contributed by atoms with E-state index in [1.165, 1.54) is 18.7 Å². The summed E-state index contributed by atoms with van der Waals surface area (Å²) in [7, 11) is 1.94. The minimum Gasteiger partial charge on any atom is -0.351 e. The first-order valence-corrected chi connectivity index (χ1v) is 6.82. The molecule has 1 fully saturated rings. The molecule has 0 amide bonds. The molecule has 1 aromatic heterocycles. The minimum atomic E-state index is -0.321. The van der Waals surface area contributed by atoms with Crippen LogP contribution >= 0.6 is 11.6 Å². The summed E-state index contributed by atoms with van der Waals surface area (Å²) >= 11 is 5.74. The maximum absolute atomic E-state index is 13.9. The number of nitrogens with zero attached hydrogens (tertiary/aromatic N) is 2. The highest BCUT2D eigenvalue weighted by molar-refractivity contribution is 6.30. The van der Waals surface area contributed by atoms with Crippen LogP contribution in [0.5, 0.6) is 0 Å². The van der Waals surface area contributed by atoms with Crippen LogP contribution in [0.3, 0.4) is 0 Å². The van der Waals surface area contributed by atoms with E-state index >= 15 is 0 Å². The van der Waals surface area contributed by atoms with Gasteiger partial charge < -0.3 is 10.2 Å². The highest BCUT2D eigenvalue weighted by atomic mass is 35.5. The van der Waals surface area contributed by atoms with Crippen molar-refractivity contribution in [2.45, 2.75) is 31.7 Å². The van der Waals surface area contributed by atoms with Gasteiger partial charge in [0.2, 0.25) is 0 Å². The van der Waals surface area contributed by atoms with Crippen molar-refractivity contribution in [1.82, 2.24) is 10.3 Å². The minimum absolute atomic E-state index is 0.321. The van der Waals surface area contributed by atoms with Crippen LogP contribution < -0.4 is 10.2 Å². The quantitative estimate of drug-likeness (QED) is 0.913. The number of halogens is 2. The molecule has 1 aromatic rings. The summed E-state index contributed by atoms with van der Waals surface area (Å²) in [6.45, 7) is 1.82. The standard InChI is InChI=1S/C13H19ClFN3/c1-16-6-5-11-4-2-3-7-18(11)13-12(15)8-10(14)9-17-13/h8-9,11,16H,2-7H2,1H3. The second-order valence-electron chi connectivity index (χ2n) is 4.69. The third kappa shape index (κ3) is 3.12. The molecule has 1 aliphatic heterocycles. The third-order valence-corrected chi connectivity index (χ3v) is 3.62. The predicted octanol–water partition coefficient (Wildman–Crippen LogP) is 2.84. The lowest BCUT2D eigenvalue weighted by Crippen LogP contribution is -2.42. The fourth-order valence-electron chi connectivity index (χ4n) is 2.51. The van der Waals surface area contributed by atoms with Crippen LogP contribution in [0.2, 0.25) is 5.02 Å². The summed E-state index contributed by atoms with van der Waals surface area (Å²) < 4.78 is 13.9. The zero-order valence-corrected chi connectivity index (χ0v) is 11.4. The molecule has 0 bridgehead atoms. The summed E-state index contributed by atoms with van der Waals surface area (Å²) in [4.78, 5) is 6.25. The monoisotopic (exact) mass is 271 g/mol. The fraction of sp³-hybridized carbons (Fsp3) is 0.615. The smallest absolute Gasteiger partial charge is 0.167 e. The van der Waals surface area contributed by atoms with E-state index < -0.39 is 0 Å². The van der Waals surface area contributed by atoms with E-state index in [0.29, 0.717) is 16.9 Å². The molecule has 3 nitrogen and oxygen atoms in total. The van der Waals surface area contributed by atoms with Gasteiger partial charge >= 0.3 is 0 Å². The van der Waals surface area contributed by atoms with Gasteiger partial charge in [-0.05, 0) is 45.3 Å². The average molecular weight is 272 g/mol. The number of anilines is 1. The number of hydrogen-bond donors (Lipinski definition) is 1. The predicted molar refractivity (Wildman–Crippen MR) is 72.7 cm³/mol. The molecule has 1 saturated heterocycles. The molecular weight excluding hydrogens is 253 g/mol. The molecule has 1 aliphatic rings. The molecule has 0 saturated carbocycles. The third-order valence-electron chi connectivity index (χ3n) is 3.42. The van der Waals surface area contributed by atoms with Crippen LogP contribution in [0.4, 0.5) is 10.2 Å². The highest BCUT2D eigenvalue weighted by Gasteiger charge is 2.25. The number of rotatable bonds is 4. The Bertz CT molecular complexity index is 400. The van der Waals surface area contributed by atoms with Gasteiger partial charge in [0, 0.05) is 18.8 Å². The lowest BCUT2D eigenvalue weighted by atomic mass is 9.99. The zero-order valence-electron chi connectivity index (χ0n) is 10.6. The Kier molecular flexibility index (Phi) is 4.78. The molecule has 2 heterocycles. The largest absolute Gasteiger partial charge is 0.351 e. The first-order chi connectivity index (χ1) is 8.72. The van der Waals surface area contributed by atoms with Gasteiger partial charge in [-0.3, -0.25) is 0 Å². The summed E-state index contributed by atoms with van der Waals surface area (Å²) in [6.07, 6.45) is 5.94. The summed E-state index contributed by atoms with van der Waals surface area (Å²) in [5, 5.41) is 3.50. The van der Waals surface area contributed by atoms with Crippen molar-refractivity contribution in [2.24, 2.45) is 0 Å². The molecule has 1 atom stereocenters. The molecular formula is C13H19ClFN3. The maximum Gasteiger partial charge on any atom is 0.167 e. The van der Waals surface area contributed by atoms with E-state index in [9.17, 15) is 4.39 Å². The van der Waals surface area contributed by atoms with Crippen LogP contribution in [-0.2, 0) is 0 Å². The first kappa shape index (κ1) is 13.6. The van der Waals surface area contributed by atoms with Crippen molar-refractivity contribution < 1.29 is 4.39 Å². The Morgan fingerprint density at radius 1 is 1.56 bits per heavy atom. The second-order valence-corrected chi connectivity index (χ2v) is 5.13.